The van der Waals surface area contributed by atoms with Crippen LogP contribution in [0.4, 0.5) is 0 Å². The minimum Gasteiger partial charge on any atom is -0.305 e. The molecule has 0 aliphatic carbocycles. The third kappa shape index (κ3) is 6.42. The molecule has 0 fully saturated rings. The number of hydrogen-bond acceptors (Lipinski definition) is 3. The molecule has 3 aromatic heterocycles. The summed E-state index contributed by atoms with van der Waals surface area (Å²) < 4.78 is 2.55. The van der Waals surface area contributed by atoms with Crippen molar-refractivity contribution in [2.24, 2.45) is 0 Å². The van der Waals surface area contributed by atoms with E-state index in [2.05, 4.69) is 122 Å². The topological polar surface area (TPSA) is 25.8 Å². The molecule has 42 heavy (non-hydrogen) atoms. The Labute approximate surface area is 265 Å². The summed E-state index contributed by atoms with van der Waals surface area (Å²) in [6.45, 7) is 6.63. The van der Waals surface area contributed by atoms with Crippen molar-refractivity contribution in [3.63, 3.8) is 0 Å². The number of fused-ring (bicyclic) bond motifs is 3. The average molecular weight is 739 g/mol. The summed E-state index contributed by atoms with van der Waals surface area (Å²) in [7, 11) is 0. The van der Waals surface area contributed by atoms with E-state index in [1.807, 2.05) is 60.1 Å². The molecule has 209 valence electrons. The molecule has 0 amide bonds. The minimum absolute atomic E-state index is 0. The maximum atomic E-state index is 4.63. The number of aromatic nitrogens is 2. The maximum Gasteiger partial charge on any atom is 0.0239 e. The van der Waals surface area contributed by atoms with Gasteiger partial charge in [0.25, 0.3) is 0 Å². The van der Waals surface area contributed by atoms with Crippen molar-refractivity contribution in [2.45, 2.75) is 26.2 Å². The molecule has 0 aliphatic rings. The summed E-state index contributed by atoms with van der Waals surface area (Å²) in [5, 5.41) is 2.58. The third-order valence-electron chi connectivity index (χ3n) is 7.07. The average Bonchev–Trinajstić information content (AvgIpc) is 3.41. The second-order valence-electron chi connectivity index (χ2n) is 10.9. The maximum absolute atomic E-state index is 4.63. The fourth-order valence-electron chi connectivity index (χ4n) is 4.86. The molecular formula is C38H30IrN2S-2. The molecule has 2 nitrogen and oxygen atoms in total. The zero-order valence-electron chi connectivity index (χ0n) is 23.8. The molecule has 3 heterocycles. The second-order valence-corrected chi connectivity index (χ2v) is 12.0. The SMILES string of the molecule is CC(C)(C)c1ccnc(-c2[c-]cccc2)c1.[Ir].[c-]1ccc2c(sc3ccccc32)c1-c1cc(-c2ccccc2)ccn1. The molecule has 0 saturated carbocycles. The Bertz CT molecular complexity index is 1920. The van der Waals surface area contributed by atoms with Crippen molar-refractivity contribution in [3.05, 3.63) is 145 Å². The first kappa shape index (κ1) is 29.5. The fourth-order valence-corrected chi connectivity index (χ4v) is 6.06. The van der Waals surface area contributed by atoms with Gasteiger partial charge >= 0.3 is 0 Å². The quantitative estimate of drug-likeness (QED) is 0.169. The predicted molar refractivity (Wildman–Crippen MR) is 174 cm³/mol. The van der Waals surface area contributed by atoms with Crippen molar-refractivity contribution in [3.8, 4) is 33.6 Å². The van der Waals surface area contributed by atoms with E-state index in [-0.39, 0.29) is 25.5 Å². The summed E-state index contributed by atoms with van der Waals surface area (Å²) in [5.74, 6) is 0. The van der Waals surface area contributed by atoms with Gasteiger partial charge in [-0.05, 0) is 61.8 Å². The Morgan fingerprint density at radius 3 is 2.14 bits per heavy atom. The van der Waals surface area contributed by atoms with E-state index in [0.717, 1.165) is 22.5 Å². The van der Waals surface area contributed by atoms with Gasteiger partial charge in [0.2, 0.25) is 0 Å². The van der Waals surface area contributed by atoms with Gasteiger partial charge in [0.15, 0.2) is 0 Å². The normalized spacial score (nSPS) is 11.0. The molecule has 0 bridgehead atoms. The van der Waals surface area contributed by atoms with Crippen molar-refractivity contribution >= 4 is 31.5 Å². The third-order valence-corrected chi connectivity index (χ3v) is 8.28. The molecule has 0 N–H and O–H groups in total. The number of nitrogens with zero attached hydrogens (tertiary/aromatic N) is 2. The summed E-state index contributed by atoms with van der Waals surface area (Å²) in [4.78, 5) is 9.02. The van der Waals surface area contributed by atoms with Crippen LogP contribution in [0.15, 0.2) is 128 Å². The number of rotatable bonds is 3. The largest absolute Gasteiger partial charge is 0.305 e. The molecule has 1 radical (unpaired) electrons. The van der Waals surface area contributed by atoms with Crippen molar-refractivity contribution < 1.29 is 20.1 Å². The molecule has 0 spiro atoms. The predicted octanol–water partition coefficient (Wildman–Crippen LogP) is 10.4. The summed E-state index contributed by atoms with van der Waals surface area (Å²) in [5.41, 5.74) is 7.94. The van der Waals surface area contributed by atoms with Crippen LogP contribution in [0.25, 0.3) is 53.8 Å². The van der Waals surface area contributed by atoms with Gasteiger partial charge in [-0.3, -0.25) is 0 Å². The summed E-state index contributed by atoms with van der Waals surface area (Å²) >= 11 is 1.81. The smallest absolute Gasteiger partial charge is 0.0239 e. The number of pyridine rings is 2. The molecule has 4 aromatic carbocycles. The Kier molecular flexibility index (Phi) is 9.09. The summed E-state index contributed by atoms with van der Waals surface area (Å²) in [6, 6.07) is 46.1. The van der Waals surface area contributed by atoms with Crippen LogP contribution in [-0.2, 0) is 25.5 Å². The van der Waals surface area contributed by atoms with E-state index >= 15 is 0 Å². The molecule has 0 saturated heterocycles. The van der Waals surface area contributed by atoms with Crippen LogP contribution in [0.3, 0.4) is 0 Å². The standard InChI is InChI=1S/C23H14NS.C15H16N.Ir/c1-2-7-16(8-3-1)17-13-14-24-21(15-17)20-11-6-10-19-18-9-4-5-12-22(18)25-23(19)20;1-15(2,3)13-9-10-16-14(11-13)12-7-5-4-6-8-12;/h1-10,12-15H;4-7,9-11H,1-3H3;/q2*-1;. The number of benzene rings is 4. The van der Waals surface area contributed by atoms with E-state index < -0.39 is 0 Å². The first-order valence-corrected chi connectivity index (χ1v) is 14.6. The van der Waals surface area contributed by atoms with Gasteiger partial charge in [-0.2, -0.15) is 11.3 Å². The molecule has 4 heteroatoms. The van der Waals surface area contributed by atoms with Crippen LogP contribution in [0.2, 0.25) is 0 Å². The second kappa shape index (κ2) is 12.9. The van der Waals surface area contributed by atoms with E-state index in [9.17, 15) is 0 Å². The van der Waals surface area contributed by atoms with Gasteiger partial charge in [0.05, 0.1) is 0 Å². The monoisotopic (exact) mass is 739 g/mol. The Morgan fingerprint density at radius 1 is 0.619 bits per heavy atom. The van der Waals surface area contributed by atoms with Crippen LogP contribution in [0, 0.1) is 12.1 Å². The zero-order chi connectivity index (χ0) is 28.2. The first-order valence-electron chi connectivity index (χ1n) is 13.7. The van der Waals surface area contributed by atoms with Crippen LogP contribution >= 0.6 is 11.3 Å². The van der Waals surface area contributed by atoms with Gasteiger partial charge in [-0.25, -0.2) is 0 Å². The molecule has 0 atom stereocenters. The van der Waals surface area contributed by atoms with Crippen LogP contribution in [0.1, 0.15) is 26.3 Å². The number of thiophene rings is 1. The van der Waals surface area contributed by atoms with Crippen LogP contribution in [-0.4, -0.2) is 9.97 Å². The first-order chi connectivity index (χ1) is 20.0. The van der Waals surface area contributed by atoms with Crippen LogP contribution < -0.4 is 0 Å². The Hall–Kier alpha value is -3.95. The Balaban J connectivity index is 0.000000181. The van der Waals surface area contributed by atoms with E-state index in [1.54, 1.807) is 0 Å². The fraction of sp³-hybridized carbons (Fsp3) is 0.105. The zero-order valence-corrected chi connectivity index (χ0v) is 27.0. The van der Waals surface area contributed by atoms with Crippen molar-refractivity contribution in [2.75, 3.05) is 0 Å². The molecular weight excluding hydrogens is 709 g/mol. The molecule has 0 aliphatic heterocycles. The van der Waals surface area contributed by atoms with E-state index in [0.29, 0.717) is 0 Å². The van der Waals surface area contributed by atoms with E-state index in [1.165, 1.54) is 36.9 Å². The molecule has 0 unspecified atom stereocenters. The van der Waals surface area contributed by atoms with Gasteiger partial charge in [-0.1, -0.05) is 86.8 Å². The minimum atomic E-state index is 0. The Morgan fingerprint density at radius 2 is 1.36 bits per heavy atom. The van der Waals surface area contributed by atoms with E-state index in [4.69, 9.17) is 0 Å². The molecule has 7 aromatic rings. The van der Waals surface area contributed by atoms with Crippen molar-refractivity contribution in [1.82, 2.24) is 9.97 Å². The molecule has 7 rings (SSSR count). The van der Waals surface area contributed by atoms with Crippen LogP contribution in [0.5, 0.6) is 0 Å². The van der Waals surface area contributed by atoms with Gasteiger partial charge in [0.1, 0.15) is 0 Å². The van der Waals surface area contributed by atoms with Gasteiger partial charge < -0.3 is 9.97 Å². The van der Waals surface area contributed by atoms with Crippen molar-refractivity contribution in [1.29, 1.82) is 0 Å². The summed E-state index contributed by atoms with van der Waals surface area (Å²) in [6.07, 6.45) is 3.76. The number of hydrogen-bond donors (Lipinski definition) is 0. The van der Waals surface area contributed by atoms with Gasteiger partial charge in [-0.15, -0.1) is 59.7 Å². The van der Waals surface area contributed by atoms with Gasteiger partial charge in [0, 0.05) is 37.2 Å².